The Morgan fingerprint density at radius 1 is 1.03 bits per heavy atom. The Morgan fingerprint density at radius 3 is 2.12 bits per heavy atom. The average Bonchev–Trinajstić information content (AvgIpc) is 2.82. The van der Waals surface area contributed by atoms with E-state index in [0.717, 1.165) is 44.1 Å². The molecule has 1 aromatic carbocycles. The number of morpholine rings is 1. The number of carbonyl (C=O) groups is 2. The molecule has 0 aromatic heterocycles. The summed E-state index contributed by atoms with van der Waals surface area (Å²) in [6.45, 7) is 7.59. The maximum absolute atomic E-state index is 12.6. The lowest BCUT2D eigenvalue weighted by molar-refractivity contribution is -0.146. The van der Waals surface area contributed by atoms with E-state index in [1.807, 2.05) is 29.2 Å². The highest BCUT2D eigenvalue weighted by molar-refractivity contribution is 7.91. The van der Waals surface area contributed by atoms with E-state index < -0.39 is 21.8 Å². The van der Waals surface area contributed by atoms with Crippen molar-refractivity contribution in [2.45, 2.75) is 39.3 Å². The predicted octanol–water partition coefficient (Wildman–Crippen LogP) is 1.91. The van der Waals surface area contributed by atoms with Crippen LogP contribution in [-0.4, -0.2) is 82.3 Å². The third kappa shape index (κ3) is 7.28. The van der Waals surface area contributed by atoms with Crippen LogP contribution < -0.4 is 4.90 Å². The third-order valence-corrected chi connectivity index (χ3v) is 7.64. The molecular formula is C24H34N2O7S. The molecule has 0 N–H and O–H groups in total. The molecule has 0 unspecified atom stereocenters. The van der Waals surface area contributed by atoms with Gasteiger partial charge >= 0.3 is 11.9 Å². The second-order valence-corrected chi connectivity index (χ2v) is 10.6. The summed E-state index contributed by atoms with van der Waals surface area (Å²) >= 11 is 0. The molecule has 2 fully saturated rings. The second kappa shape index (κ2) is 12.3. The third-order valence-electron chi connectivity index (χ3n) is 5.92. The Kier molecular flexibility index (Phi) is 9.49. The molecular weight excluding hydrogens is 460 g/mol. The standard InChI is InChI=1S/C24H34N2O7S/c1-3-32-23(27)22(24(28)33-4-2)18-26(21-9-15-34(29,30)16-10-21)20-7-5-19(6-8-20)17-25-11-13-31-14-12-25/h5-8,18,21H,3-4,9-17H2,1-2H3. The van der Waals surface area contributed by atoms with Crippen LogP contribution in [0.15, 0.2) is 36.0 Å². The van der Waals surface area contributed by atoms with Gasteiger partial charge in [-0.25, -0.2) is 18.0 Å². The summed E-state index contributed by atoms with van der Waals surface area (Å²) in [5.41, 5.74) is 1.69. The topological polar surface area (TPSA) is 102 Å². The van der Waals surface area contributed by atoms with Gasteiger partial charge in [-0.2, -0.15) is 0 Å². The van der Waals surface area contributed by atoms with Gasteiger partial charge in [-0.15, -0.1) is 0 Å². The maximum atomic E-state index is 12.6. The minimum Gasteiger partial charge on any atom is -0.462 e. The van der Waals surface area contributed by atoms with Gasteiger partial charge in [0.2, 0.25) is 0 Å². The first-order valence-corrected chi connectivity index (χ1v) is 13.6. The van der Waals surface area contributed by atoms with Gasteiger partial charge in [0.15, 0.2) is 5.57 Å². The zero-order valence-electron chi connectivity index (χ0n) is 19.9. The van der Waals surface area contributed by atoms with Crippen molar-refractivity contribution in [1.29, 1.82) is 0 Å². The molecule has 0 spiro atoms. The normalized spacial score (nSPS) is 18.6. The number of carbonyl (C=O) groups excluding carboxylic acids is 2. The quantitative estimate of drug-likeness (QED) is 0.220. The smallest absolute Gasteiger partial charge is 0.347 e. The molecule has 34 heavy (non-hydrogen) atoms. The summed E-state index contributed by atoms with van der Waals surface area (Å²) < 4.78 is 39.6. The van der Waals surface area contributed by atoms with Crippen LogP contribution in [0.1, 0.15) is 32.3 Å². The van der Waals surface area contributed by atoms with Crippen molar-refractivity contribution in [3.63, 3.8) is 0 Å². The Hall–Kier alpha value is -2.43. The maximum Gasteiger partial charge on any atom is 0.347 e. The van der Waals surface area contributed by atoms with Crippen LogP contribution in [0.25, 0.3) is 0 Å². The van der Waals surface area contributed by atoms with Gasteiger partial charge in [-0.3, -0.25) is 4.90 Å². The SMILES string of the molecule is CCOC(=O)C(=CN(c1ccc(CN2CCOCC2)cc1)C1CCS(=O)(=O)CC1)C(=O)OCC. The lowest BCUT2D eigenvalue weighted by Crippen LogP contribution is -2.39. The number of hydrogen-bond donors (Lipinski definition) is 0. The molecule has 2 heterocycles. The number of benzene rings is 1. The largest absolute Gasteiger partial charge is 0.462 e. The zero-order valence-corrected chi connectivity index (χ0v) is 20.7. The summed E-state index contributed by atoms with van der Waals surface area (Å²) in [5, 5.41) is 0. The van der Waals surface area contributed by atoms with Crippen molar-refractivity contribution in [3.8, 4) is 0 Å². The number of ether oxygens (including phenoxy) is 3. The highest BCUT2D eigenvalue weighted by atomic mass is 32.2. The molecule has 9 nitrogen and oxygen atoms in total. The van der Waals surface area contributed by atoms with Crippen LogP contribution >= 0.6 is 0 Å². The van der Waals surface area contributed by atoms with E-state index in [4.69, 9.17) is 14.2 Å². The van der Waals surface area contributed by atoms with Crippen LogP contribution in [0.5, 0.6) is 0 Å². The summed E-state index contributed by atoms with van der Waals surface area (Å²) in [5.74, 6) is -1.41. The van der Waals surface area contributed by atoms with Gasteiger partial charge < -0.3 is 19.1 Å². The van der Waals surface area contributed by atoms with E-state index >= 15 is 0 Å². The van der Waals surface area contributed by atoms with Crippen molar-refractivity contribution in [1.82, 2.24) is 4.90 Å². The first-order valence-electron chi connectivity index (χ1n) is 11.8. The number of rotatable bonds is 9. The lowest BCUT2D eigenvalue weighted by atomic mass is 10.1. The Balaban J connectivity index is 1.90. The summed E-state index contributed by atoms with van der Waals surface area (Å²) in [6, 6.07) is 7.71. The molecule has 0 saturated carbocycles. The number of anilines is 1. The van der Waals surface area contributed by atoms with E-state index in [0.29, 0.717) is 12.8 Å². The number of esters is 2. The van der Waals surface area contributed by atoms with Crippen LogP contribution in [0.4, 0.5) is 5.69 Å². The van der Waals surface area contributed by atoms with Gasteiger partial charge in [0.05, 0.1) is 37.9 Å². The monoisotopic (exact) mass is 494 g/mol. The van der Waals surface area contributed by atoms with Crippen LogP contribution in [0.3, 0.4) is 0 Å². The number of hydrogen-bond acceptors (Lipinski definition) is 9. The van der Waals surface area contributed by atoms with E-state index in [1.54, 1.807) is 13.8 Å². The molecule has 0 aliphatic carbocycles. The van der Waals surface area contributed by atoms with Crippen molar-refractivity contribution >= 4 is 27.5 Å². The minimum absolute atomic E-state index is 0.0608. The number of sulfone groups is 1. The first kappa shape index (κ1) is 26.2. The van der Waals surface area contributed by atoms with E-state index in [-0.39, 0.29) is 36.3 Å². The summed E-state index contributed by atoms with van der Waals surface area (Å²) in [7, 11) is -3.08. The van der Waals surface area contributed by atoms with Crippen molar-refractivity contribution < 1.29 is 32.2 Å². The van der Waals surface area contributed by atoms with Gasteiger partial charge in [0, 0.05) is 37.6 Å². The molecule has 0 atom stereocenters. The van der Waals surface area contributed by atoms with Crippen LogP contribution in [-0.2, 0) is 40.2 Å². The molecule has 2 aliphatic rings. The van der Waals surface area contributed by atoms with Gasteiger partial charge in [-0.1, -0.05) is 12.1 Å². The molecule has 1 aromatic rings. The zero-order chi connectivity index (χ0) is 24.6. The highest BCUT2D eigenvalue weighted by Gasteiger charge is 2.30. The fourth-order valence-electron chi connectivity index (χ4n) is 4.08. The predicted molar refractivity (Wildman–Crippen MR) is 128 cm³/mol. The molecule has 0 bridgehead atoms. The van der Waals surface area contributed by atoms with E-state index in [9.17, 15) is 18.0 Å². The Bertz CT molecular complexity index is 936. The fraction of sp³-hybridized carbons (Fsp3) is 0.583. The Morgan fingerprint density at radius 2 is 1.59 bits per heavy atom. The average molecular weight is 495 g/mol. The molecule has 0 amide bonds. The lowest BCUT2D eigenvalue weighted by Gasteiger charge is -2.34. The highest BCUT2D eigenvalue weighted by Crippen LogP contribution is 2.27. The minimum atomic E-state index is -3.08. The molecule has 0 radical (unpaired) electrons. The Labute approximate surface area is 201 Å². The number of nitrogens with zero attached hydrogens (tertiary/aromatic N) is 2. The van der Waals surface area contributed by atoms with Crippen molar-refractivity contribution in [2.75, 3.05) is 55.9 Å². The van der Waals surface area contributed by atoms with Crippen LogP contribution in [0, 0.1) is 0 Å². The van der Waals surface area contributed by atoms with E-state index in [2.05, 4.69) is 4.90 Å². The molecule has 188 valence electrons. The van der Waals surface area contributed by atoms with Gasteiger partial charge in [-0.05, 0) is 44.4 Å². The summed E-state index contributed by atoms with van der Waals surface area (Å²) in [6.07, 6.45) is 2.25. The van der Waals surface area contributed by atoms with Gasteiger partial charge in [0.1, 0.15) is 9.84 Å². The van der Waals surface area contributed by atoms with Crippen molar-refractivity contribution in [3.05, 3.63) is 41.6 Å². The molecule has 2 saturated heterocycles. The molecule has 3 rings (SSSR count). The summed E-state index contributed by atoms with van der Waals surface area (Å²) in [4.78, 5) is 29.3. The van der Waals surface area contributed by atoms with Gasteiger partial charge in [0.25, 0.3) is 0 Å². The van der Waals surface area contributed by atoms with Crippen molar-refractivity contribution in [2.24, 2.45) is 0 Å². The fourth-order valence-corrected chi connectivity index (χ4v) is 5.55. The molecule has 10 heteroatoms. The van der Waals surface area contributed by atoms with E-state index in [1.165, 1.54) is 6.20 Å². The second-order valence-electron chi connectivity index (χ2n) is 8.33. The first-order chi connectivity index (χ1) is 16.3. The van der Waals surface area contributed by atoms with Crippen LogP contribution in [0.2, 0.25) is 0 Å². The molecule has 2 aliphatic heterocycles.